The van der Waals surface area contributed by atoms with E-state index in [0.717, 1.165) is 0 Å². The van der Waals surface area contributed by atoms with Gasteiger partial charge in [0.15, 0.2) is 0 Å². The van der Waals surface area contributed by atoms with Crippen molar-refractivity contribution in [3.63, 3.8) is 0 Å². The third-order valence-corrected chi connectivity index (χ3v) is 4.13. The molecule has 1 aromatic rings. The molecular formula is C16H24ClNO3. The Hall–Kier alpha value is -1.10. The summed E-state index contributed by atoms with van der Waals surface area (Å²) in [6, 6.07) is 7.12. The summed E-state index contributed by atoms with van der Waals surface area (Å²) < 4.78 is 5.12. The van der Waals surface area contributed by atoms with E-state index >= 15 is 0 Å². The summed E-state index contributed by atoms with van der Waals surface area (Å²) in [5.74, 6) is -0.290. The molecule has 0 amide bonds. The lowest BCUT2D eigenvalue weighted by molar-refractivity contribution is -0.152. The van der Waals surface area contributed by atoms with Crippen LogP contribution in [-0.4, -0.2) is 29.8 Å². The summed E-state index contributed by atoms with van der Waals surface area (Å²) in [7, 11) is 0. The number of halogens is 1. The van der Waals surface area contributed by atoms with Gasteiger partial charge in [0.1, 0.15) is 5.54 Å². The van der Waals surface area contributed by atoms with E-state index in [-0.39, 0.29) is 18.4 Å². The minimum absolute atomic E-state index is 0.0231. The lowest BCUT2D eigenvalue weighted by Crippen LogP contribution is -2.55. The van der Waals surface area contributed by atoms with Crippen molar-refractivity contribution in [3.05, 3.63) is 34.9 Å². The fraction of sp³-hybridized carbons (Fsp3) is 0.562. The van der Waals surface area contributed by atoms with E-state index < -0.39 is 11.6 Å². The van der Waals surface area contributed by atoms with Gasteiger partial charge in [0.05, 0.1) is 12.7 Å². The molecule has 0 saturated carbocycles. The number of nitrogens with one attached hydrogen (secondary N) is 1. The topological polar surface area (TPSA) is 58.6 Å². The number of carbonyl (C=O) groups excluding carboxylic acids is 1. The van der Waals surface area contributed by atoms with Crippen molar-refractivity contribution < 1.29 is 14.6 Å². The molecule has 118 valence electrons. The molecule has 0 saturated heterocycles. The van der Waals surface area contributed by atoms with Gasteiger partial charge < -0.3 is 9.84 Å². The molecule has 2 unspecified atom stereocenters. The van der Waals surface area contributed by atoms with Crippen LogP contribution in [0.2, 0.25) is 5.02 Å². The zero-order valence-electron chi connectivity index (χ0n) is 13.0. The van der Waals surface area contributed by atoms with Crippen LogP contribution in [0.3, 0.4) is 0 Å². The van der Waals surface area contributed by atoms with Crippen LogP contribution in [0.4, 0.5) is 0 Å². The molecule has 4 nitrogen and oxygen atoms in total. The monoisotopic (exact) mass is 313 g/mol. The fourth-order valence-corrected chi connectivity index (χ4v) is 2.22. The summed E-state index contributed by atoms with van der Waals surface area (Å²) in [6.45, 7) is 7.98. The molecule has 2 atom stereocenters. The first-order valence-electron chi connectivity index (χ1n) is 7.17. The van der Waals surface area contributed by atoms with Crippen molar-refractivity contribution in [1.29, 1.82) is 0 Å². The number of aliphatic hydroxyl groups excluding tert-OH is 1. The minimum atomic E-state index is -0.849. The van der Waals surface area contributed by atoms with Crippen LogP contribution in [0.5, 0.6) is 0 Å². The van der Waals surface area contributed by atoms with Crippen LogP contribution in [0.1, 0.15) is 39.4 Å². The second-order valence-corrected chi connectivity index (χ2v) is 5.90. The van der Waals surface area contributed by atoms with Crippen LogP contribution in [0.25, 0.3) is 0 Å². The first-order valence-corrected chi connectivity index (χ1v) is 7.55. The number of carbonyl (C=O) groups is 1. The Balaban J connectivity index is 2.78. The molecule has 0 heterocycles. The highest BCUT2D eigenvalue weighted by atomic mass is 35.5. The van der Waals surface area contributed by atoms with E-state index in [1.165, 1.54) is 0 Å². The van der Waals surface area contributed by atoms with E-state index in [4.69, 9.17) is 16.3 Å². The van der Waals surface area contributed by atoms with Crippen LogP contribution in [0.15, 0.2) is 24.3 Å². The zero-order valence-corrected chi connectivity index (χ0v) is 13.8. The smallest absolute Gasteiger partial charge is 0.326 e. The number of ether oxygens (including phenoxy) is 1. The minimum Gasteiger partial charge on any atom is -0.465 e. The number of hydrogen-bond acceptors (Lipinski definition) is 4. The molecule has 21 heavy (non-hydrogen) atoms. The Morgan fingerprint density at radius 3 is 2.57 bits per heavy atom. The first-order chi connectivity index (χ1) is 9.82. The average Bonchev–Trinajstić information content (AvgIpc) is 2.44. The number of β-amino-alcohol motifs (C(OH)–C–C–N with tert-alkyl or cyclic N) is 1. The number of rotatable bonds is 7. The highest BCUT2D eigenvalue weighted by Crippen LogP contribution is 2.24. The summed E-state index contributed by atoms with van der Waals surface area (Å²) in [6.07, 6.45) is -0.786. The van der Waals surface area contributed by atoms with Gasteiger partial charge in [0, 0.05) is 17.1 Å². The molecule has 0 bridgehead atoms. The number of esters is 1. The standard InChI is InChI=1S/C16H24ClNO3/c1-5-21-15(20)16(4,11(2)3)18-10-14(19)12-8-6-7-9-13(12)17/h6-9,11,14,18-19H,5,10H2,1-4H3. The maximum Gasteiger partial charge on any atom is 0.326 e. The fourth-order valence-electron chi connectivity index (χ4n) is 1.96. The Kier molecular flexibility index (Phi) is 6.65. The Bertz CT molecular complexity index is 478. The normalized spacial score (nSPS) is 15.6. The summed E-state index contributed by atoms with van der Waals surface area (Å²) in [4.78, 5) is 12.1. The van der Waals surface area contributed by atoms with Crippen molar-refractivity contribution >= 4 is 17.6 Å². The predicted octanol–water partition coefficient (Wildman–Crippen LogP) is 2.94. The number of hydrogen-bond donors (Lipinski definition) is 2. The van der Waals surface area contributed by atoms with Gasteiger partial charge in [-0.3, -0.25) is 10.1 Å². The summed E-state index contributed by atoms with van der Waals surface area (Å²) in [5.41, 5.74) is -0.209. The van der Waals surface area contributed by atoms with Crippen molar-refractivity contribution in [2.24, 2.45) is 5.92 Å². The average molecular weight is 314 g/mol. The van der Waals surface area contributed by atoms with Crippen molar-refractivity contribution in [3.8, 4) is 0 Å². The van der Waals surface area contributed by atoms with E-state index in [0.29, 0.717) is 17.2 Å². The Morgan fingerprint density at radius 1 is 1.43 bits per heavy atom. The molecule has 1 rings (SSSR count). The van der Waals surface area contributed by atoms with E-state index in [9.17, 15) is 9.90 Å². The van der Waals surface area contributed by atoms with Crippen molar-refractivity contribution in [1.82, 2.24) is 5.32 Å². The molecule has 0 fully saturated rings. The SMILES string of the molecule is CCOC(=O)C(C)(NCC(O)c1ccccc1Cl)C(C)C. The van der Waals surface area contributed by atoms with E-state index in [1.54, 1.807) is 26.0 Å². The molecule has 0 aliphatic carbocycles. The summed E-state index contributed by atoms with van der Waals surface area (Å²) >= 11 is 6.06. The van der Waals surface area contributed by atoms with Crippen molar-refractivity contribution in [2.45, 2.75) is 39.3 Å². The van der Waals surface area contributed by atoms with Gasteiger partial charge in [-0.25, -0.2) is 0 Å². The van der Waals surface area contributed by atoms with Gasteiger partial charge >= 0.3 is 5.97 Å². The lowest BCUT2D eigenvalue weighted by atomic mass is 9.88. The molecule has 1 aromatic carbocycles. The highest BCUT2D eigenvalue weighted by Gasteiger charge is 2.38. The van der Waals surface area contributed by atoms with Gasteiger partial charge in [-0.15, -0.1) is 0 Å². The maximum absolute atomic E-state index is 12.1. The van der Waals surface area contributed by atoms with Crippen LogP contribution in [-0.2, 0) is 9.53 Å². The molecule has 2 N–H and O–H groups in total. The Labute approximate surface area is 131 Å². The third kappa shape index (κ3) is 4.43. The molecule has 0 spiro atoms. The van der Waals surface area contributed by atoms with Gasteiger partial charge in [0.25, 0.3) is 0 Å². The number of aliphatic hydroxyl groups is 1. The third-order valence-electron chi connectivity index (χ3n) is 3.78. The second-order valence-electron chi connectivity index (χ2n) is 5.50. The molecule has 0 radical (unpaired) electrons. The lowest BCUT2D eigenvalue weighted by Gasteiger charge is -2.33. The molecule has 0 aliphatic heterocycles. The largest absolute Gasteiger partial charge is 0.465 e. The highest BCUT2D eigenvalue weighted by molar-refractivity contribution is 6.31. The Morgan fingerprint density at radius 2 is 2.05 bits per heavy atom. The molecule has 0 aromatic heterocycles. The first kappa shape index (κ1) is 18.0. The van der Waals surface area contributed by atoms with Crippen LogP contribution in [0, 0.1) is 5.92 Å². The zero-order chi connectivity index (χ0) is 16.0. The van der Waals surface area contributed by atoms with E-state index in [1.807, 2.05) is 26.0 Å². The van der Waals surface area contributed by atoms with Gasteiger partial charge in [-0.05, 0) is 25.8 Å². The van der Waals surface area contributed by atoms with Gasteiger partial charge in [0.2, 0.25) is 0 Å². The van der Waals surface area contributed by atoms with Crippen molar-refractivity contribution in [2.75, 3.05) is 13.2 Å². The van der Waals surface area contributed by atoms with Gasteiger partial charge in [-0.1, -0.05) is 43.6 Å². The second kappa shape index (κ2) is 7.78. The molecular weight excluding hydrogens is 290 g/mol. The van der Waals surface area contributed by atoms with Crippen LogP contribution >= 0.6 is 11.6 Å². The molecule has 0 aliphatic rings. The summed E-state index contributed by atoms with van der Waals surface area (Å²) in [5, 5.41) is 13.9. The number of benzene rings is 1. The van der Waals surface area contributed by atoms with E-state index in [2.05, 4.69) is 5.32 Å². The van der Waals surface area contributed by atoms with Crippen LogP contribution < -0.4 is 5.32 Å². The predicted molar refractivity (Wildman–Crippen MR) is 84.3 cm³/mol. The molecule has 5 heteroatoms. The maximum atomic E-state index is 12.1. The quantitative estimate of drug-likeness (QED) is 0.760. The van der Waals surface area contributed by atoms with Gasteiger partial charge in [-0.2, -0.15) is 0 Å².